The van der Waals surface area contributed by atoms with E-state index in [2.05, 4.69) is 27.5 Å². The number of thiazole rings is 1. The smallest absolute Gasteiger partial charge is 0.359 e. The molecule has 1 saturated heterocycles. The predicted octanol–water partition coefficient (Wildman–Crippen LogP) is 5.03. The van der Waals surface area contributed by atoms with Crippen molar-refractivity contribution in [2.24, 2.45) is 5.92 Å². The van der Waals surface area contributed by atoms with Gasteiger partial charge in [-0.15, -0.1) is 11.3 Å². The average molecular weight is 510 g/mol. The van der Waals surface area contributed by atoms with Crippen molar-refractivity contribution in [3.63, 3.8) is 0 Å². The number of carbonyl (C=O) groups is 2. The maximum atomic E-state index is 13.4. The summed E-state index contributed by atoms with van der Waals surface area (Å²) in [6, 6.07) is 0.00166. The van der Waals surface area contributed by atoms with Gasteiger partial charge in [0.15, 0.2) is 5.01 Å². The van der Waals surface area contributed by atoms with Crippen LogP contribution in [0.1, 0.15) is 72.3 Å². The Morgan fingerprint density at radius 2 is 2.03 bits per heavy atom. The van der Waals surface area contributed by atoms with Gasteiger partial charge in [-0.1, -0.05) is 13.8 Å². The Balaban J connectivity index is 1.67. The highest BCUT2D eigenvalue weighted by molar-refractivity contribution is 7.17. The van der Waals surface area contributed by atoms with E-state index >= 15 is 0 Å². The quantitative estimate of drug-likeness (QED) is 0.547. The molecule has 1 saturated carbocycles. The van der Waals surface area contributed by atoms with Crippen LogP contribution in [0.4, 0.5) is 19.0 Å². The van der Waals surface area contributed by atoms with Gasteiger partial charge in [0.05, 0.1) is 4.88 Å². The fourth-order valence-electron chi connectivity index (χ4n) is 4.34. The lowest BCUT2D eigenvalue weighted by atomic mass is 10.1. The molecule has 0 bridgehead atoms. The Bertz CT molecular complexity index is 1120. The first-order valence-electron chi connectivity index (χ1n) is 11.9. The number of likely N-dealkylation sites (tertiary alicyclic amines) is 1. The second-order valence-electron chi connectivity index (χ2n) is 9.51. The molecular formula is C24H30F3N5O2S. The minimum atomic E-state index is -4.39. The van der Waals surface area contributed by atoms with Gasteiger partial charge in [0.2, 0.25) is 0 Å². The minimum Gasteiger partial charge on any atom is -0.359 e. The van der Waals surface area contributed by atoms with Crippen molar-refractivity contribution in [3.05, 3.63) is 28.5 Å². The molecule has 0 spiro atoms. The van der Waals surface area contributed by atoms with E-state index in [-0.39, 0.29) is 46.8 Å². The maximum Gasteiger partial charge on any atom is 0.408 e. The summed E-state index contributed by atoms with van der Waals surface area (Å²) in [5, 5.41) is 5.59. The summed E-state index contributed by atoms with van der Waals surface area (Å²) in [7, 11) is 0. The molecule has 3 heterocycles. The van der Waals surface area contributed by atoms with Crippen molar-refractivity contribution in [2.75, 3.05) is 11.9 Å². The number of halogens is 3. The molecule has 2 aromatic rings. The molecule has 2 aromatic heterocycles. The monoisotopic (exact) mass is 509 g/mol. The van der Waals surface area contributed by atoms with Gasteiger partial charge in [-0.2, -0.15) is 13.2 Å². The van der Waals surface area contributed by atoms with Crippen molar-refractivity contribution in [3.8, 4) is 10.4 Å². The van der Waals surface area contributed by atoms with Gasteiger partial charge in [-0.3, -0.25) is 9.59 Å². The van der Waals surface area contributed by atoms with Gasteiger partial charge < -0.3 is 15.5 Å². The maximum absolute atomic E-state index is 13.4. The van der Waals surface area contributed by atoms with Gasteiger partial charge in [-0.25, -0.2) is 9.97 Å². The number of pyridine rings is 1. The summed E-state index contributed by atoms with van der Waals surface area (Å²) in [5.41, 5.74) is 1.39. The topological polar surface area (TPSA) is 87.2 Å². The predicted molar refractivity (Wildman–Crippen MR) is 129 cm³/mol. The highest BCUT2D eigenvalue weighted by Crippen LogP contribution is 2.36. The van der Waals surface area contributed by atoms with Crippen LogP contribution in [-0.2, 0) is 0 Å². The largest absolute Gasteiger partial charge is 0.408 e. The number of nitrogens with zero attached hydrogens (tertiary/aromatic N) is 3. The van der Waals surface area contributed by atoms with Gasteiger partial charge in [0.25, 0.3) is 11.8 Å². The zero-order chi connectivity index (χ0) is 25.5. The van der Waals surface area contributed by atoms with Crippen molar-refractivity contribution < 1.29 is 22.8 Å². The SMILES string of the molecule is CC[C@H](Nc1cc(C)c(-c2sc(C(=O)N[C@H]3C[C@@H]3C)nc2C(=O)N2CCC[C@@H]2C)cn1)C(F)(F)F. The number of hydrogen-bond acceptors (Lipinski definition) is 6. The summed E-state index contributed by atoms with van der Waals surface area (Å²) in [4.78, 5) is 37.2. The Hall–Kier alpha value is -2.69. The number of hydrogen-bond donors (Lipinski definition) is 2. The lowest BCUT2D eigenvalue weighted by Crippen LogP contribution is -2.35. The number of nitrogens with one attached hydrogen (secondary N) is 2. The van der Waals surface area contributed by atoms with E-state index in [0.29, 0.717) is 28.5 Å². The molecule has 0 aromatic carbocycles. The number of aryl methyl sites for hydroxylation is 1. The first-order valence-corrected chi connectivity index (χ1v) is 12.7. The summed E-state index contributed by atoms with van der Waals surface area (Å²) >= 11 is 1.11. The van der Waals surface area contributed by atoms with E-state index < -0.39 is 12.2 Å². The van der Waals surface area contributed by atoms with E-state index in [1.54, 1.807) is 11.8 Å². The highest BCUT2D eigenvalue weighted by atomic mass is 32.1. The van der Waals surface area contributed by atoms with E-state index in [1.165, 1.54) is 19.2 Å². The fourth-order valence-corrected chi connectivity index (χ4v) is 5.37. The lowest BCUT2D eigenvalue weighted by Gasteiger charge is -2.22. The Morgan fingerprint density at radius 1 is 1.31 bits per heavy atom. The molecule has 1 aliphatic heterocycles. The number of rotatable bonds is 7. The molecule has 0 unspecified atom stereocenters. The summed E-state index contributed by atoms with van der Waals surface area (Å²) in [5.74, 6) is -0.0504. The van der Waals surface area contributed by atoms with Crippen molar-refractivity contribution in [1.82, 2.24) is 20.2 Å². The van der Waals surface area contributed by atoms with E-state index in [1.807, 2.05) is 6.92 Å². The van der Waals surface area contributed by atoms with Gasteiger partial charge >= 0.3 is 6.18 Å². The first kappa shape index (κ1) is 25.4. The molecule has 4 rings (SSSR count). The summed E-state index contributed by atoms with van der Waals surface area (Å²) in [6.07, 6.45) is -0.368. The van der Waals surface area contributed by atoms with Crippen LogP contribution in [0.2, 0.25) is 0 Å². The second kappa shape index (κ2) is 9.75. The zero-order valence-corrected chi connectivity index (χ0v) is 21.0. The van der Waals surface area contributed by atoms with Crippen LogP contribution in [0.25, 0.3) is 10.4 Å². The van der Waals surface area contributed by atoms with Crippen LogP contribution >= 0.6 is 11.3 Å². The molecule has 2 amide bonds. The zero-order valence-electron chi connectivity index (χ0n) is 20.2. The Labute approximate surface area is 206 Å². The first-order chi connectivity index (χ1) is 16.5. The fraction of sp³-hybridized carbons (Fsp3) is 0.583. The molecular weight excluding hydrogens is 479 g/mol. The standard InChI is InChI=1S/C24H30F3N5O2S/c1-5-17(24(25,26)27)30-18-10-12(2)15(11-28-18)20-19(23(34)32-8-6-7-14(32)4)31-22(35-20)21(33)29-16-9-13(16)3/h10-11,13-14,16-17H,5-9H2,1-4H3,(H,28,30)(H,29,33)/t13-,14-,16-,17-/m0/s1. The highest BCUT2D eigenvalue weighted by Gasteiger charge is 2.39. The van der Waals surface area contributed by atoms with Crippen LogP contribution in [0.5, 0.6) is 0 Å². The number of alkyl halides is 3. The van der Waals surface area contributed by atoms with Crippen molar-refractivity contribution >= 4 is 29.0 Å². The van der Waals surface area contributed by atoms with Gasteiger partial charge in [0, 0.05) is 30.4 Å². The van der Waals surface area contributed by atoms with Crippen molar-refractivity contribution in [2.45, 2.75) is 77.7 Å². The average Bonchev–Trinajstić information content (AvgIpc) is 3.16. The van der Waals surface area contributed by atoms with E-state index in [4.69, 9.17) is 0 Å². The van der Waals surface area contributed by atoms with Crippen LogP contribution in [0, 0.1) is 12.8 Å². The molecule has 2 aliphatic rings. The number of anilines is 1. The summed E-state index contributed by atoms with van der Waals surface area (Å²) < 4.78 is 39.6. The molecule has 35 heavy (non-hydrogen) atoms. The molecule has 0 radical (unpaired) electrons. The molecule has 11 heteroatoms. The van der Waals surface area contributed by atoms with E-state index in [0.717, 1.165) is 30.6 Å². The van der Waals surface area contributed by atoms with Crippen LogP contribution in [0.15, 0.2) is 12.3 Å². The molecule has 4 atom stereocenters. The lowest BCUT2D eigenvalue weighted by molar-refractivity contribution is -0.142. The second-order valence-corrected chi connectivity index (χ2v) is 10.5. The Morgan fingerprint density at radius 3 is 2.57 bits per heavy atom. The third-order valence-corrected chi connectivity index (χ3v) is 7.83. The van der Waals surface area contributed by atoms with Crippen LogP contribution in [0.3, 0.4) is 0 Å². The normalized spacial score (nSPS) is 22.7. The molecule has 2 N–H and O–H groups in total. The molecule has 7 nitrogen and oxygen atoms in total. The van der Waals surface area contributed by atoms with E-state index in [9.17, 15) is 22.8 Å². The van der Waals surface area contributed by atoms with Crippen LogP contribution in [-0.4, -0.2) is 57.5 Å². The van der Waals surface area contributed by atoms with Gasteiger partial charge in [-0.05, 0) is 57.1 Å². The third-order valence-electron chi connectivity index (χ3n) is 6.74. The van der Waals surface area contributed by atoms with Crippen LogP contribution < -0.4 is 10.6 Å². The molecule has 1 aliphatic carbocycles. The Kier molecular flexibility index (Phi) is 7.08. The van der Waals surface area contributed by atoms with Crippen molar-refractivity contribution in [1.29, 1.82) is 0 Å². The third kappa shape index (κ3) is 5.44. The number of carbonyl (C=O) groups excluding carboxylic acids is 2. The summed E-state index contributed by atoms with van der Waals surface area (Å²) in [6.45, 7) is 7.85. The number of aromatic nitrogens is 2. The number of amides is 2. The minimum absolute atomic E-state index is 0.0702. The van der Waals surface area contributed by atoms with Gasteiger partial charge in [0.1, 0.15) is 17.6 Å². The molecule has 190 valence electrons. The molecule has 2 fully saturated rings.